The summed E-state index contributed by atoms with van der Waals surface area (Å²) in [5, 5.41) is 10.1. The summed E-state index contributed by atoms with van der Waals surface area (Å²) in [6, 6.07) is 12.8. The van der Waals surface area contributed by atoms with Crippen LogP contribution in [-0.4, -0.2) is 42.0 Å². The quantitative estimate of drug-likeness (QED) is 0.650. The number of oxazole rings is 1. The third-order valence-electron chi connectivity index (χ3n) is 4.61. The van der Waals surface area contributed by atoms with Crippen LogP contribution in [0.3, 0.4) is 0 Å². The van der Waals surface area contributed by atoms with E-state index in [1.54, 1.807) is 35.2 Å². The van der Waals surface area contributed by atoms with E-state index >= 15 is 0 Å². The molecule has 1 fully saturated rings. The first-order valence-corrected chi connectivity index (χ1v) is 9.44. The molecule has 0 radical (unpaired) electrons. The lowest BCUT2D eigenvalue weighted by Gasteiger charge is -2.34. The van der Waals surface area contributed by atoms with Crippen molar-refractivity contribution >= 4 is 35.5 Å². The van der Waals surface area contributed by atoms with Crippen molar-refractivity contribution in [3.8, 4) is 6.07 Å². The van der Waals surface area contributed by atoms with Gasteiger partial charge < -0.3 is 18.6 Å². The average Bonchev–Trinajstić information content (AvgIpc) is 3.43. The highest BCUT2D eigenvalue weighted by Gasteiger charge is 2.27. The lowest BCUT2D eigenvalue weighted by molar-refractivity contribution is 0.0713. The first-order chi connectivity index (χ1) is 14.1. The van der Waals surface area contributed by atoms with Gasteiger partial charge in [0.25, 0.3) is 5.91 Å². The fourth-order valence-electron chi connectivity index (χ4n) is 3.10. The Labute approximate surface area is 172 Å². The Morgan fingerprint density at radius 3 is 2.55 bits per heavy atom. The number of amides is 1. The molecule has 2 aromatic heterocycles. The van der Waals surface area contributed by atoms with Gasteiger partial charge in [0.2, 0.25) is 17.5 Å². The zero-order valence-corrected chi connectivity index (χ0v) is 16.2. The Bertz CT molecular complexity index is 1060. The molecule has 1 aliphatic heterocycles. The standard InChI is InChI=1S/C21H17ClN4O3/c22-16-6-3-15(4-7-16)5-8-19-24-17(14-23)21(29-19)26-11-9-25(10-12-26)20(27)18-2-1-13-28-18/h1-8,13H,9-12H2. The van der Waals surface area contributed by atoms with Crippen LogP contribution in [0.5, 0.6) is 0 Å². The number of piperazine rings is 1. The maximum absolute atomic E-state index is 12.4. The molecule has 1 saturated heterocycles. The minimum atomic E-state index is -0.140. The molecule has 7 nitrogen and oxygen atoms in total. The van der Waals surface area contributed by atoms with Crippen LogP contribution in [0.4, 0.5) is 5.88 Å². The van der Waals surface area contributed by atoms with Gasteiger partial charge in [0, 0.05) is 37.3 Å². The number of furan rings is 1. The fourth-order valence-corrected chi connectivity index (χ4v) is 3.22. The Morgan fingerprint density at radius 1 is 1.14 bits per heavy atom. The summed E-state index contributed by atoms with van der Waals surface area (Å²) in [5.74, 6) is 0.957. The molecule has 29 heavy (non-hydrogen) atoms. The van der Waals surface area contributed by atoms with E-state index in [4.69, 9.17) is 20.4 Å². The van der Waals surface area contributed by atoms with E-state index in [9.17, 15) is 10.1 Å². The summed E-state index contributed by atoms with van der Waals surface area (Å²) < 4.78 is 11.0. The maximum atomic E-state index is 12.4. The Morgan fingerprint density at radius 2 is 1.90 bits per heavy atom. The van der Waals surface area contributed by atoms with Crippen LogP contribution in [0.15, 0.2) is 51.5 Å². The summed E-state index contributed by atoms with van der Waals surface area (Å²) in [4.78, 5) is 20.3. The minimum absolute atomic E-state index is 0.140. The molecule has 4 rings (SSSR count). The van der Waals surface area contributed by atoms with Crippen molar-refractivity contribution in [3.63, 3.8) is 0 Å². The summed E-state index contributed by atoms with van der Waals surface area (Å²) >= 11 is 5.89. The number of halogens is 1. The first-order valence-electron chi connectivity index (χ1n) is 9.06. The van der Waals surface area contributed by atoms with Crippen molar-refractivity contribution in [2.75, 3.05) is 31.1 Å². The number of nitrogens with zero attached hydrogens (tertiary/aromatic N) is 4. The van der Waals surface area contributed by atoms with Gasteiger partial charge in [-0.15, -0.1) is 0 Å². The highest BCUT2D eigenvalue weighted by Crippen LogP contribution is 2.24. The highest BCUT2D eigenvalue weighted by molar-refractivity contribution is 6.30. The Balaban J connectivity index is 1.44. The van der Waals surface area contributed by atoms with Crippen LogP contribution in [0.2, 0.25) is 5.02 Å². The normalized spacial score (nSPS) is 14.3. The molecule has 0 aliphatic carbocycles. The van der Waals surface area contributed by atoms with Gasteiger partial charge in [-0.2, -0.15) is 10.2 Å². The molecule has 0 atom stereocenters. The number of carbonyl (C=O) groups excluding carboxylic acids is 1. The number of rotatable bonds is 4. The van der Waals surface area contributed by atoms with Crippen LogP contribution in [-0.2, 0) is 0 Å². The third-order valence-corrected chi connectivity index (χ3v) is 4.86. The SMILES string of the molecule is N#Cc1nc(C=Cc2ccc(Cl)cc2)oc1N1CCN(C(=O)c2ccco2)CC1. The monoisotopic (exact) mass is 408 g/mol. The summed E-state index contributed by atoms with van der Waals surface area (Å²) in [5.41, 5.74) is 1.17. The van der Waals surface area contributed by atoms with Gasteiger partial charge in [0.1, 0.15) is 6.07 Å². The van der Waals surface area contributed by atoms with Crippen LogP contribution in [0.1, 0.15) is 27.7 Å². The lowest BCUT2D eigenvalue weighted by Crippen LogP contribution is -2.48. The predicted octanol–water partition coefficient (Wildman–Crippen LogP) is 3.93. The Hall–Kier alpha value is -3.50. The summed E-state index contributed by atoms with van der Waals surface area (Å²) in [6.45, 7) is 2.08. The van der Waals surface area contributed by atoms with E-state index in [2.05, 4.69) is 11.1 Å². The largest absolute Gasteiger partial charge is 0.459 e. The number of benzene rings is 1. The lowest BCUT2D eigenvalue weighted by atomic mass is 10.2. The molecule has 1 aromatic carbocycles. The predicted molar refractivity (Wildman–Crippen MR) is 108 cm³/mol. The zero-order chi connectivity index (χ0) is 20.2. The Kier molecular flexibility index (Phi) is 5.36. The summed E-state index contributed by atoms with van der Waals surface area (Å²) in [7, 11) is 0. The van der Waals surface area contributed by atoms with Crippen LogP contribution in [0.25, 0.3) is 12.2 Å². The van der Waals surface area contributed by atoms with Gasteiger partial charge in [0.15, 0.2) is 5.76 Å². The molecule has 0 unspecified atom stereocenters. The molecule has 8 heteroatoms. The average molecular weight is 409 g/mol. The second kappa shape index (κ2) is 8.25. The third kappa shape index (κ3) is 4.18. The van der Waals surface area contributed by atoms with Crippen LogP contribution in [0, 0.1) is 11.3 Å². The molecule has 0 saturated carbocycles. The van der Waals surface area contributed by atoms with Gasteiger partial charge in [-0.05, 0) is 35.9 Å². The van der Waals surface area contributed by atoms with Crippen molar-refractivity contribution in [1.82, 2.24) is 9.88 Å². The summed E-state index contributed by atoms with van der Waals surface area (Å²) in [6.07, 6.45) is 5.04. The molecular weight excluding hydrogens is 392 g/mol. The second-order valence-corrected chi connectivity index (χ2v) is 6.90. The zero-order valence-electron chi connectivity index (χ0n) is 15.4. The number of aromatic nitrogens is 1. The van der Waals surface area contributed by atoms with E-state index in [1.165, 1.54) is 6.26 Å². The maximum Gasteiger partial charge on any atom is 0.289 e. The van der Waals surface area contributed by atoms with Crippen LogP contribution < -0.4 is 4.90 Å². The van der Waals surface area contributed by atoms with Gasteiger partial charge in [0.05, 0.1) is 6.26 Å². The number of anilines is 1. The van der Waals surface area contributed by atoms with Gasteiger partial charge in [-0.1, -0.05) is 23.7 Å². The van der Waals surface area contributed by atoms with E-state index in [1.807, 2.05) is 23.1 Å². The van der Waals surface area contributed by atoms with Gasteiger partial charge in [-0.25, -0.2) is 0 Å². The van der Waals surface area contributed by atoms with Gasteiger partial charge in [-0.3, -0.25) is 4.79 Å². The number of hydrogen-bond donors (Lipinski definition) is 0. The molecule has 0 N–H and O–H groups in total. The number of hydrogen-bond acceptors (Lipinski definition) is 6. The molecule has 146 valence electrons. The molecule has 0 spiro atoms. The van der Waals surface area contributed by atoms with E-state index in [0.29, 0.717) is 48.7 Å². The minimum Gasteiger partial charge on any atom is -0.459 e. The van der Waals surface area contributed by atoms with Crippen molar-refractivity contribution in [2.45, 2.75) is 0 Å². The molecule has 1 amide bonds. The number of carbonyl (C=O) groups is 1. The van der Waals surface area contributed by atoms with E-state index in [-0.39, 0.29) is 11.6 Å². The second-order valence-electron chi connectivity index (χ2n) is 6.46. The topological polar surface area (TPSA) is 86.5 Å². The van der Waals surface area contributed by atoms with E-state index < -0.39 is 0 Å². The van der Waals surface area contributed by atoms with Crippen molar-refractivity contribution < 1.29 is 13.6 Å². The molecule has 0 bridgehead atoms. The van der Waals surface area contributed by atoms with Gasteiger partial charge >= 0.3 is 0 Å². The van der Waals surface area contributed by atoms with Crippen molar-refractivity contribution in [2.24, 2.45) is 0 Å². The molecular formula is C21H17ClN4O3. The first kappa shape index (κ1) is 18.8. The molecule has 1 aliphatic rings. The smallest absolute Gasteiger partial charge is 0.289 e. The van der Waals surface area contributed by atoms with Crippen molar-refractivity contribution in [1.29, 1.82) is 5.26 Å². The van der Waals surface area contributed by atoms with E-state index in [0.717, 1.165) is 5.56 Å². The number of nitriles is 1. The molecule has 3 heterocycles. The fraction of sp³-hybridized carbons (Fsp3) is 0.190. The molecule has 3 aromatic rings. The van der Waals surface area contributed by atoms with Crippen LogP contribution >= 0.6 is 11.6 Å². The highest BCUT2D eigenvalue weighted by atomic mass is 35.5. The van der Waals surface area contributed by atoms with Crippen molar-refractivity contribution in [3.05, 3.63) is 70.6 Å².